The lowest BCUT2D eigenvalue weighted by molar-refractivity contribution is 0.461. The van der Waals surface area contributed by atoms with E-state index in [4.69, 9.17) is 0 Å². The van der Waals surface area contributed by atoms with Crippen molar-refractivity contribution >= 4 is 0 Å². The van der Waals surface area contributed by atoms with Crippen LogP contribution in [0, 0.1) is 0 Å². The van der Waals surface area contributed by atoms with Crippen molar-refractivity contribution in [2.24, 2.45) is 7.05 Å². The Morgan fingerprint density at radius 3 is 2.71 bits per heavy atom. The van der Waals surface area contributed by atoms with E-state index in [0.717, 1.165) is 31.5 Å². The maximum atomic E-state index is 4.20. The van der Waals surface area contributed by atoms with Gasteiger partial charge in [0.05, 0.1) is 5.69 Å². The van der Waals surface area contributed by atoms with Crippen LogP contribution in [0.4, 0.5) is 0 Å². The molecule has 0 spiro atoms. The number of nitrogens with zero attached hydrogens (tertiary/aromatic N) is 3. The highest BCUT2D eigenvalue weighted by molar-refractivity contribution is 5.14. The zero-order valence-corrected chi connectivity index (χ0v) is 13.1. The average Bonchev–Trinajstić information content (AvgIpc) is 2.91. The van der Waals surface area contributed by atoms with E-state index in [9.17, 15) is 0 Å². The minimum atomic E-state index is 0.491. The van der Waals surface area contributed by atoms with Gasteiger partial charge >= 0.3 is 0 Å². The number of hydrogen-bond acceptors (Lipinski definition) is 3. The average molecular weight is 286 g/mol. The van der Waals surface area contributed by atoms with Gasteiger partial charge in [0.2, 0.25) is 0 Å². The quantitative estimate of drug-likeness (QED) is 0.771. The molecule has 0 saturated carbocycles. The van der Waals surface area contributed by atoms with Crippen molar-refractivity contribution in [3.63, 3.8) is 0 Å². The molecule has 1 aromatic heterocycles. The molecule has 2 rings (SSSR count). The topological polar surface area (TPSA) is 42.7 Å². The summed E-state index contributed by atoms with van der Waals surface area (Å²) in [5.74, 6) is 0. The van der Waals surface area contributed by atoms with E-state index in [1.807, 2.05) is 13.2 Å². The molecule has 4 heteroatoms. The number of rotatable bonds is 9. The van der Waals surface area contributed by atoms with Crippen molar-refractivity contribution in [3.05, 3.63) is 47.8 Å². The lowest BCUT2D eigenvalue weighted by atomic mass is 10.0. The van der Waals surface area contributed by atoms with Crippen molar-refractivity contribution in [2.75, 3.05) is 6.54 Å². The molecule has 1 aromatic carbocycles. The Morgan fingerprint density at radius 2 is 2.05 bits per heavy atom. The van der Waals surface area contributed by atoms with Crippen molar-refractivity contribution in [2.45, 2.75) is 45.1 Å². The van der Waals surface area contributed by atoms with Gasteiger partial charge in [0, 0.05) is 25.7 Å². The molecule has 4 nitrogen and oxygen atoms in total. The summed E-state index contributed by atoms with van der Waals surface area (Å²) in [4.78, 5) is 0. The van der Waals surface area contributed by atoms with Gasteiger partial charge in [0.15, 0.2) is 0 Å². The smallest absolute Gasteiger partial charge is 0.0842 e. The Morgan fingerprint density at radius 1 is 1.24 bits per heavy atom. The van der Waals surface area contributed by atoms with E-state index in [0.29, 0.717) is 6.04 Å². The normalized spacial score (nSPS) is 12.5. The van der Waals surface area contributed by atoms with Gasteiger partial charge in [0.1, 0.15) is 0 Å². The summed E-state index contributed by atoms with van der Waals surface area (Å²) >= 11 is 0. The molecule has 2 aromatic rings. The van der Waals surface area contributed by atoms with Gasteiger partial charge in [-0.25, -0.2) is 0 Å². The van der Waals surface area contributed by atoms with Crippen LogP contribution >= 0.6 is 0 Å². The molecule has 0 amide bonds. The van der Waals surface area contributed by atoms with Crippen LogP contribution in [0.15, 0.2) is 36.5 Å². The maximum absolute atomic E-state index is 4.20. The first-order chi connectivity index (χ1) is 10.3. The fourth-order valence-electron chi connectivity index (χ4n) is 2.56. The molecule has 1 heterocycles. The fourth-order valence-corrected chi connectivity index (χ4v) is 2.56. The molecular weight excluding hydrogens is 260 g/mol. The van der Waals surface area contributed by atoms with Crippen LogP contribution in [0.1, 0.15) is 37.4 Å². The van der Waals surface area contributed by atoms with E-state index in [2.05, 4.69) is 52.9 Å². The van der Waals surface area contributed by atoms with Gasteiger partial charge in [-0.05, 0) is 37.8 Å². The van der Waals surface area contributed by atoms with E-state index in [1.54, 1.807) is 4.68 Å². The summed E-state index contributed by atoms with van der Waals surface area (Å²) in [7, 11) is 1.92. The third-order valence-corrected chi connectivity index (χ3v) is 3.65. The Kier molecular flexibility index (Phi) is 6.41. The number of aryl methyl sites for hydroxylation is 2. The molecule has 0 aliphatic carbocycles. The summed E-state index contributed by atoms with van der Waals surface area (Å²) < 4.78 is 1.77. The molecule has 0 bridgehead atoms. The predicted molar refractivity (Wildman–Crippen MR) is 86.2 cm³/mol. The SMILES string of the molecule is CCCNC(CCCc1ccccc1)Cc1cn(C)nn1. The van der Waals surface area contributed by atoms with E-state index in [-0.39, 0.29) is 0 Å². The lowest BCUT2D eigenvalue weighted by Crippen LogP contribution is -2.32. The van der Waals surface area contributed by atoms with Crippen molar-refractivity contribution in [3.8, 4) is 0 Å². The van der Waals surface area contributed by atoms with E-state index >= 15 is 0 Å². The van der Waals surface area contributed by atoms with Gasteiger partial charge in [-0.2, -0.15) is 0 Å². The highest BCUT2D eigenvalue weighted by atomic mass is 15.4. The zero-order chi connectivity index (χ0) is 14.9. The Hall–Kier alpha value is -1.68. The molecule has 1 N–H and O–H groups in total. The molecule has 0 fully saturated rings. The monoisotopic (exact) mass is 286 g/mol. The second-order valence-electron chi connectivity index (χ2n) is 5.62. The Labute approximate surface area is 127 Å². The second-order valence-corrected chi connectivity index (χ2v) is 5.62. The summed E-state index contributed by atoms with van der Waals surface area (Å²) in [5.41, 5.74) is 2.50. The van der Waals surface area contributed by atoms with E-state index < -0.39 is 0 Å². The number of benzene rings is 1. The molecule has 1 atom stereocenters. The van der Waals surface area contributed by atoms with Gasteiger partial charge in [-0.15, -0.1) is 5.10 Å². The Bertz CT molecular complexity index is 507. The second kappa shape index (κ2) is 8.57. The third-order valence-electron chi connectivity index (χ3n) is 3.65. The fraction of sp³-hybridized carbons (Fsp3) is 0.529. The van der Waals surface area contributed by atoms with Crippen LogP contribution in [0.3, 0.4) is 0 Å². The number of hydrogen-bond donors (Lipinski definition) is 1. The van der Waals surface area contributed by atoms with Gasteiger partial charge in [-0.1, -0.05) is 42.5 Å². The van der Waals surface area contributed by atoms with Crippen molar-refractivity contribution in [1.82, 2.24) is 20.3 Å². The first-order valence-corrected chi connectivity index (χ1v) is 7.90. The largest absolute Gasteiger partial charge is 0.314 e. The molecule has 0 aliphatic heterocycles. The standard InChI is InChI=1S/C17H26N4/c1-3-12-18-16(13-17-14-21(2)20-19-17)11-7-10-15-8-5-4-6-9-15/h4-6,8-9,14,16,18H,3,7,10-13H2,1-2H3. The molecule has 21 heavy (non-hydrogen) atoms. The van der Waals surface area contributed by atoms with Gasteiger partial charge < -0.3 is 5.32 Å². The highest BCUT2D eigenvalue weighted by Gasteiger charge is 2.11. The summed E-state index contributed by atoms with van der Waals surface area (Å²) in [5, 5.41) is 11.9. The van der Waals surface area contributed by atoms with Crippen LogP contribution < -0.4 is 5.32 Å². The maximum Gasteiger partial charge on any atom is 0.0842 e. The molecule has 1 unspecified atom stereocenters. The highest BCUT2D eigenvalue weighted by Crippen LogP contribution is 2.09. The number of nitrogens with one attached hydrogen (secondary N) is 1. The van der Waals surface area contributed by atoms with Gasteiger partial charge in [-0.3, -0.25) is 4.68 Å². The van der Waals surface area contributed by atoms with Crippen LogP contribution in [-0.2, 0) is 19.9 Å². The first kappa shape index (κ1) is 15.7. The molecule has 0 aliphatic rings. The zero-order valence-electron chi connectivity index (χ0n) is 13.1. The van der Waals surface area contributed by atoms with Crippen molar-refractivity contribution < 1.29 is 0 Å². The lowest BCUT2D eigenvalue weighted by Gasteiger charge is -2.17. The summed E-state index contributed by atoms with van der Waals surface area (Å²) in [6, 6.07) is 11.2. The minimum absolute atomic E-state index is 0.491. The molecular formula is C17H26N4. The van der Waals surface area contributed by atoms with Gasteiger partial charge in [0.25, 0.3) is 0 Å². The molecule has 114 valence electrons. The third kappa shape index (κ3) is 5.68. The predicted octanol–water partition coefficient (Wildman–Crippen LogP) is 2.75. The summed E-state index contributed by atoms with van der Waals surface area (Å²) in [6.07, 6.45) is 7.65. The molecule has 0 saturated heterocycles. The minimum Gasteiger partial charge on any atom is -0.314 e. The van der Waals surface area contributed by atoms with Crippen molar-refractivity contribution in [1.29, 1.82) is 0 Å². The van der Waals surface area contributed by atoms with Crippen LogP contribution in [0.2, 0.25) is 0 Å². The summed E-state index contributed by atoms with van der Waals surface area (Å²) in [6.45, 7) is 3.27. The van der Waals surface area contributed by atoms with E-state index in [1.165, 1.54) is 18.4 Å². The molecule has 0 radical (unpaired) electrons. The van der Waals surface area contributed by atoms with Crippen LogP contribution in [0.25, 0.3) is 0 Å². The number of aromatic nitrogens is 3. The van der Waals surface area contributed by atoms with Crippen LogP contribution in [0.5, 0.6) is 0 Å². The van der Waals surface area contributed by atoms with Crippen LogP contribution in [-0.4, -0.2) is 27.6 Å². The Balaban J connectivity index is 1.81. The first-order valence-electron chi connectivity index (χ1n) is 7.90.